The maximum atomic E-state index is 13.5. The molecule has 0 unspecified atom stereocenters. The summed E-state index contributed by atoms with van der Waals surface area (Å²) in [4.78, 5) is 15.4. The molecule has 0 aliphatic rings. The Morgan fingerprint density at radius 1 is 0.906 bits per heavy atom. The molecule has 0 N–H and O–H groups in total. The van der Waals surface area contributed by atoms with E-state index in [1.54, 1.807) is 4.68 Å². The zero-order valence-electron chi connectivity index (χ0n) is 18.1. The Morgan fingerprint density at radius 3 is 2.06 bits per heavy atom. The number of hydrogen-bond acceptors (Lipinski definition) is 5. The van der Waals surface area contributed by atoms with Crippen LogP contribution in [0.5, 0.6) is 0 Å². The minimum Gasteiger partial charge on any atom is -0.333 e. The number of carbonyl (C=O) groups excluding carboxylic acids is 1. The summed E-state index contributed by atoms with van der Waals surface area (Å²) in [6, 6.07) is 28.0. The Kier molecular flexibility index (Phi) is 6.97. The van der Waals surface area contributed by atoms with E-state index in [0.29, 0.717) is 18.2 Å². The largest absolute Gasteiger partial charge is 0.333 e. The minimum atomic E-state index is -0.351. The van der Waals surface area contributed by atoms with Gasteiger partial charge in [0.05, 0.1) is 10.9 Å². The average molecular weight is 444 g/mol. The number of amides is 1. The number of rotatable bonds is 8. The van der Waals surface area contributed by atoms with Crippen LogP contribution in [0.2, 0.25) is 0 Å². The lowest BCUT2D eigenvalue weighted by molar-refractivity contribution is -0.131. The Hall–Kier alpha value is -3.45. The predicted octanol–water partition coefficient (Wildman–Crippen LogP) is 4.68. The third kappa shape index (κ3) is 5.23. The molecule has 1 aromatic heterocycles. The van der Waals surface area contributed by atoms with Crippen LogP contribution in [-0.4, -0.2) is 36.3 Å². The number of para-hydroxylation sites is 1. The summed E-state index contributed by atoms with van der Waals surface area (Å²) in [5.41, 5.74) is 4.16. The van der Waals surface area contributed by atoms with Gasteiger partial charge in [-0.2, -0.15) is 4.68 Å². The lowest BCUT2D eigenvalue weighted by Crippen LogP contribution is -2.35. The van der Waals surface area contributed by atoms with Crippen molar-refractivity contribution in [3.63, 3.8) is 0 Å². The highest BCUT2D eigenvalue weighted by Crippen LogP contribution is 2.26. The highest BCUT2D eigenvalue weighted by Gasteiger charge is 2.25. The van der Waals surface area contributed by atoms with Crippen molar-refractivity contribution in [1.29, 1.82) is 0 Å². The molecular weight excluding hydrogens is 418 g/mol. The number of aromatic nitrogens is 4. The fraction of sp³-hybridized carbons (Fsp3) is 0.200. The van der Waals surface area contributed by atoms with Crippen molar-refractivity contribution in [3.05, 3.63) is 102 Å². The molecular formula is C25H25N5OS. The van der Waals surface area contributed by atoms with Gasteiger partial charge >= 0.3 is 0 Å². The molecule has 162 valence electrons. The Labute approximate surface area is 192 Å². The van der Waals surface area contributed by atoms with E-state index in [1.165, 1.54) is 11.8 Å². The fourth-order valence-corrected chi connectivity index (χ4v) is 4.37. The van der Waals surface area contributed by atoms with E-state index in [4.69, 9.17) is 0 Å². The number of tetrazole rings is 1. The van der Waals surface area contributed by atoms with Gasteiger partial charge in [0.15, 0.2) is 0 Å². The lowest BCUT2D eigenvalue weighted by Gasteiger charge is -2.26. The molecule has 3 aromatic carbocycles. The standard InChI is InChI=1S/C25H25N5OS/c1-19-11-9-10-16-23(19)30-25(26-27-28-30)32-20(2)24(31)29(17-21-12-5-3-6-13-21)18-22-14-7-4-8-15-22/h3-16,20H,17-18H2,1-2H3/t20-/m1/s1. The van der Waals surface area contributed by atoms with Crippen molar-refractivity contribution >= 4 is 17.7 Å². The summed E-state index contributed by atoms with van der Waals surface area (Å²) in [5.74, 6) is 0.0436. The van der Waals surface area contributed by atoms with Crippen LogP contribution < -0.4 is 0 Å². The Bertz CT molecular complexity index is 1120. The molecule has 0 fully saturated rings. The van der Waals surface area contributed by atoms with Crippen LogP contribution in [-0.2, 0) is 17.9 Å². The molecule has 1 heterocycles. The quantitative estimate of drug-likeness (QED) is 0.370. The summed E-state index contributed by atoms with van der Waals surface area (Å²) in [7, 11) is 0. The molecule has 0 saturated heterocycles. The number of benzene rings is 3. The summed E-state index contributed by atoms with van der Waals surface area (Å²) in [6.45, 7) is 5.01. The van der Waals surface area contributed by atoms with Crippen molar-refractivity contribution < 1.29 is 4.79 Å². The normalized spacial score (nSPS) is 11.8. The van der Waals surface area contributed by atoms with Crippen molar-refractivity contribution in [2.75, 3.05) is 0 Å². The second-order valence-electron chi connectivity index (χ2n) is 7.59. The van der Waals surface area contributed by atoms with E-state index in [9.17, 15) is 4.79 Å². The molecule has 0 spiro atoms. The van der Waals surface area contributed by atoms with E-state index in [1.807, 2.05) is 104 Å². The van der Waals surface area contributed by atoms with Gasteiger partial charge in [-0.3, -0.25) is 4.79 Å². The van der Waals surface area contributed by atoms with Gasteiger partial charge < -0.3 is 4.90 Å². The molecule has 0 saturated carbocycles. The number of thioether (sulfide) groups is 1. The van der Waals surface area contributed by atoms with Gasteiger partial charge in [-0.1, -0.05) is 90.6 Å². The van der Waals surface area contributed by atoms with Crippen LogP contribution in [0.4, 0.5) is 0 Å². The van der Waals surface area contributed by atoms with Crippen molar-refractivity contribution in [2.24, 2.45) is 0 Å². The van der Waals surface area contributed by atoms with Crippen LogP contribution >= 0.6 is 11.8 Å². The number of aryl methyl sites for hydroxylation is 1. The second kappa shape index (κ2) is 10.2. The molecule has 4 aromatic rings. The maximum Gasteiger partial charge on any atom is 0.236 e. The van der Waals surface area contributed by atoms with Gasteiger partial charge in [0.1, 0.15) is 0 Å². The molecule has 4 rings (SSSR count). The van der Waals surface area contributed by atoms with Gasteiger partial charge in [-0.25, -0.2) is 0 Å². The summed E-state index contributed by atoms with van der Waals surface area (Å²) < 4.78 is 1.70. The molecule has 7 heteroatoms. The Morgan fingerprint density at radius 2 is 1.47 bits per heavy atom. The van der Waals surface area contributed by atoms with Crippen LogP contribution in [0.3, 0.4) is 0 Å². The van der Waals surface area contributed by atoms with Crippen molar-refractivity contribution in [2.45, 2.75) is 37.3 Å². The molecule has 0 radical (unpaired) electrons. The first-order chi connectivity index (χ1) is 15.6. The van der Waals surface area contributed by atoms with Crippen LogP contribution in [0.15, 0.2) is 90.1 Å². The first-order valence-electron chi connectivity index (χ1n) is 10.5. The summed E-state index contributed by atoms with van der Waals surface area (Å²) in [5, 5.41) is 12.4. The van der Waals surface area contributed by atoms with Gasteiger partial charge in [0, 0.05) is 13.1 Å². The first-order valence-corrected chi connectivity index (χ1v) is 11.4. The van der Waals surface area contributed by atoms with Gasteiger partial charge in [-0.05, 0) is 47.0 Å². The predicted molar refractivity (Wildman–Crippen MR) is 126 cm³/mol. The van der Waals surface area contributed by atoms with E-state index in [-0.39, 0.29) is 11.2 Å². The highest BCUT2D eigenvalue weighted by atomic mass is 32.2. The first kappa shape index (κ1) is 21.8. The second-order valence-corrected chi connectivity index (χ2v) is 8.89. The summed E-state index contributed by atoms with van der Waals surface area (Å²) >= 11 is 1.37. The highest BCUT2D eigenvalue weighted by molar-refractivity contribution is 8.00. The molecule has 1 atom stereocenters. The van der Waals surface area contributed by atoms with Crippen LogP contribution in [0.1, 0.15) is 23.6 Å². The minimum absolute atomic E-state index is 0.0436. The van der Waals surface area contributed by atoms with E-state index in [0.717, 1.165) is 22.4 Å². The average Bonchev–Trinajstić information content (AvgIpc) is 3.27. The topological polar surface area (TPSA) is 63.9 Å². The van der Waals surface area contributed by atoms with Crippen LogP contribution in [0.25, 0.3) is 5.69 Å². The Balaban J connectivity index is 1.54. The third-order valence-electron chi connectivity index (χ3n) is 5.16. The fourth-order valence-electron chi connectivity index (χ4n) is 3.49. The maximum absolute atomic E-state index is 13.5. The van der Waals surface area contributed by atoms with Crippen LogP contribution in [0, 0.1) is 6.92 Å². The SMILES string of the molecule is Cc1ccccc1-n1nnnc1S[C@H](C)C(=O)N(Cc1ccccc1)Cc1ccccc1. The summed E-state index contributed by atoms with van der Waals surface area (Å²) in [6.07, 6.45) is 0. The molecule has 0 aliphatic carbocycles. The molecule has 32 heavy (non-hydrogen) atoms. The van der Waals surface area contributed by atoms with Crippen molar-refractivity contribution in [1.82, 2.24) is 25.1 Å². The van der Waals surface area contributed by atoms with Gasteiger partial charge in [0.2, 0.25) is 11.1 Å². The smallest absolute Gasteiger partial charge is 0.236 e. The number of nitrogens with zero attached hydrogens (tertiary/aromatic N) is 5. The van der Waals surface area contributed by atoms with Crippen molar-refractivity contribution in [3.8, 4) is 5.69 Å². The molecule has 0 aliphatic heterocycles. The number of carbonyl (C=O) groups is 1. The van der Waals surface area contributed by atoms with E-state index in [2.05, 4.69) is 15.5 Å². The van der Waals surface area contributed by atoms with Gasteiger partial charge in [-0.15, -0.1) is 5.10 Å². The van der Waals surface area contributed by atoms with E-state index < -0.39 is 0 Å². The number of hydrogen-bond donors (Lipinski definition) is 0. The molecule has 1 amide bonds. The third-order valence-corrected chi connectivity index (χ3v) is 6.18. The zero-order chi connectivity index (χ0) is 22.3. The lowest BCUT2D eigenvalue weighted by atomic mass is 10.1. The molecule has 6 nitrogen and oxygen atoms in total. The van der Waals surface area contributed by atoms with E-state index >= 15 is 0 Å². The zero-order valence-corrected chi connectivity index (χ0v) is 18.9. The molecule has 0 bridgehead atoms. The van der Waals surface area contributed by atoms with Gasteiger partial charge in [0.25, 0.3) is 0 Å². The monoisotopic (exact) mass is 443 g/mol.